The molecular formula is C26H16O8. The van der Waals surface area contributed by atoms with E-state index in [9.17, 15) is 9.59 Å². The predicted octanol–water partition coefficient (Wildman–Crippen LogP) is 5.41. The smallest absolute Gasteiger partial charge is 0.336 e. The molecular weight excluding hydrogens is 440 g/mol. The van der Waals surface area contributed by atoms with Gasteiger partial charge < -0.3 is 27.1 Å². The molecule has 0 atom stereocenters. The van der Waals surface area contributed by atoms with Crippen LogP contribution in [0, 0.1) is 0 Å². The molecule has 0 aliphatic heterocycles. The second-order valence-corrected chi connectivity index (χ2v) is 7.50. The summed E-state index contributed by atoms with van der Waals surface area (Å²) in [6.07, 6.45) is 6.76. The van der Waals surface area contributed by atoms with E-state index >= 15 is 0 Å². The zero-order valence-corrected chi connectivity index (χ0v) is 17.6. The molecule has 4 aromatic heterocycles. The van der Waals surface area contributed by atoms with E-state index < -0.39 is 11.3 Å². The monoisotopic (exact) mass is 456 g/mol. The third-order valence-corrected chi connectivity index (χ3v) is 5.43. The van der Waals surface area contributed by atoms with Gasteiger partial charge in [0.1, 0.15) is 47.0 Å². The molecule has 0 spiro atoms. The van der Waals surface area contributed by atoms with Crippen LogP contribution < -0.4 is 20.7 Å². The zero-order chi connectivity index (χ0) is 23.1. The summed E-state index contributed by atoms with van der Waals surface area (Å²) < 4.78 is 33.5. The Hall–Kier alpha value is -4.72. The van der Waals surface area contributed by atoms with Crippen LogP contribution in [0.5, 0.6) is 11.5 Å². The van der Waals surface area contributed by atoms with Crippen LogP contribution >= 0.6 is 0 Å². The molecule has 8 nitrogen and oxygen atoms in total. The standard InChI is InChI=1S/C26H16O8/c27-23-5-3-15-21(33-23)13-19-17(7-11-29-19)25(15)31-9-1-2-10-32-26-16-4-6-24(28)34-22(16)14-20-18(26)8-12-30-20/h1-8,11-14H,9-10H2/b2-1+. The van der Waals surface area contributed by atoms with Gasteiger partial charge in [0.15, 0.2) is 0 Å². The topological polar surface area (TPSA) is 105 Å². The van der Waals surface area contributed by atoms with Crippen molar-refractivity contribution in [1.82, 2.24) is 0 Å². The van der Waals surface area contributed by atoms with Crippen LogP contribution in [-0.2, 0) is 0 Å². The number of fused-ring (bicyclic) bond motifs is 4. The Morgan fingerprint density at radius 2 is 1.03 bits per heavy atom. The van der Waals surface area contributed by atoms with Crippen molar-refractivity contribution >= 4 is 43.9 Å². The summed E-state index contributed by atoms with van der Waals surface area (Å²) in [7, 11) is 0. The molecule has 4 heterocycles. The lowest BCUT2D eigenvalue weighted by Gasteiger charge is -2.09. The quantitative estimate of drug-likeness (QED) is 0.242. The van der Waals surface area contributed by atoms with Crippen molar-refractivity contribution in [3.63, 3.8) is 0 Å². The first-order valence-electron chi connectivity index (χ1n) is 10.5. The Morgan fingerprint density at radius 1 is 0.588 bits per heavy atom. The van der Waals surface area contributed by atoms with Gasteiger partial charge >= 0.3 is 11.3 Å². The van der Waals surface area contributed by atoms with Crippen LogP contribution in [0.15, 0.2) is 100 Å². The van der Waals surface area contributed by atoms with Gasteiger partial charge in [-0.05, 0) is 36.4 Å². The highest BCUT2D eigenvalue weighted by Crippen LogP contribution is 2.36. The largest absolute Gasteiger partial charge is 0.488 e. The third kappa shape index (κ3) is 3.41. The van der Waals surface area contributed by atoms with Gasteiger partial charge in [-0.2, -0.15) is 0 Å². The molecule has 0 bridgehead atoms. The SMILES string of the molecule is O=c1ccc2c(OC/C=C/COc3c4ccoc4cc4oc(=O)ccc34)c3ccoc3cc2o1. The average molecular weight is 456 g/mol. The number of benzene rings is 2. The predicted molar refractivity (Wildman–Crippen MR) is 125 cm³/mol. The van der Waals surface area contributed by atoms with Gasteiger partial charge in [0, 0.05) is 24.3 Å². The van der Waals surface area contributed by atoms with Crippen LogP contribution in [0.3, 0.4) is 0 Å². The van der Waals surface area contributed by atoms with Crippen molar-refractivity contribution in [2.75, 3.05) is 13.2 Å². The van der Waals surface area contributed by atoms with E-state index in [2.05, 4.69) is 0 Å². The molecule has 0 amide bonds. The first-order valence-corrected chi connectivity index (χ1v) is 10.5. The molecule has 0 unspecified atom stereocenters. The van der Waals surface area contributed by atoms with Gasteiger partial charge in [-0.25, -0.2) is 9.59 Å². The van der Waals surface area contributed by atoms with Gasteiger partial charge in [-0.3, -0.25) is 0 Å². The van der Waals surface area contributed by atoms with E-state index in [1.165, 1.54) is 12.1 Å². The highest BCUT2D eigenvalue weighted by atomic mass is 16.5. The summed E-state index contributed by atoms with van der Waals surface area (Å²) >= 11 is 0. The molecule has 6 rings (SSSR count). The maximum Gasteiger partial charge on any atom is 0.336 e. The molecule has 0 aliphatic carbocycles. The Bertz CT molecular complexity index is 1680. The molecule has 2 aromatic carbocycles. The highest BCUT2D eigenvalue weighted by molar-refractivity contribution is 6.02. The maximum atomic E-state index is 11.6. The molecule has 34 heavy (non-hydrogen) atoms. The minimum atomic E-state index is -0.444. The van der Waals surface area contributed by atoms with Gasteiger partial charge in [0.2, 0.25) is 0 Å². The van der Waals surface area contributed by atoms with Crippen LogP contribution in [0.25, 0.3) is 43.9 Å². The second kappa shape index (κ2) is 8.00. The van der Waals surface area contributed by atoms with Crippen molar-refractivity contribution in [3.05, 3.63) is 94.0 Å². The number of ether oxygens (including phenoxy) is 2. The van der Waals surface area contributed by atoms with Crippen molar-refractivity contribution < 1.29 is 27.1 Å². The van der Waals surface area contributed by atoms with Crippen molar-refractivity contribution in [2.45, 2.75) is 0 Å². The van der Waals surface area contributed by atoms with Crippen LogP contribution in [0.4, 0.5) is 0 Å². The second-order valence-electron chi connectivity index (χ2n) is 7.50. The summed E-state index contributed by atoms with van der Waals surface area (Å²) in [5.74, 6) is 1.14. The summed E-state index contributed by atoms with van der Waals surface area (Å²) in [5.41, 5.74) is 1.03. The lowest BCUT2D eigenvalue weighted by Crippen LogP contribution is -2.00. The third-order valence-electron chi connectivity index (χ3n) is 5.43. The summed E-state index contributed by atoms with van der Waals surface area (Å²) in [5, 5.41) is 2.92. The number of hydrogen-bond donors (Lipinski definition) is 0. The Balaban J connectivity index is 1.22. The van der Waals surface area contributed by atoms with Crippen molar-refractivity contribution in [2.24, 2.45) is 0 Å². The minimum Gasteiger partial charge on any atom is -0.488 e. The Morgan fingerprint density at radius 3 is 1.50 bits per heavy atom. The zero-order valence-electron chi connectivity index (χ0n) is 17.6. The van der Waals surface area contributed by atoms with Crippen LogP contribution in [0.1, 0.15) is 0 Å². The summed E-state index contributed by atoms with van der Waals surface area (Å²) in [6, 6.07) is 13.0. The number of rotatable bonds is 6. The van der Waals surface area contributed by atoms with E-state index in [4.69, 9.17) is 27.1 Å². The fourth-order valence-electron chi connectivity index (χ4n) is 3.93. The van der Waals surface area contributed by atoms with Gasteiger partial charge in [0.25, 0.3) is 0 Å². The van der Waals surface area contributed by atoms with Crippen molar-refractivity contribution in [3.8, 4) is 11.5 Å². The van der Waals surface area contributed by atoms with E-state index in [-0.39, 0.29) is 13.2 Å². The summed E-state index contributed by atoms with van der Waals surface area (Å²) in [4.78, 5) is 23.2. The van der Waals surface area contributed by atoms with Gasteiger partial charge in [-0.15, -0.1) is 0 Å². The first kappa shape index (κ1) is 19.9. The van der Waals surface area contributed by atoms with Crippen molar-refractivity contribution in [1.29, 1.82) is 0 Å². The van der Waals surface area contributed by atoms with Gasteiger partial charge in [0.05, 0.1) is 34.1 Å². The van der Waals surface area contributed by atoms with E-state index in [1.807, 2.05) is 12.2 Å². The highest BCUT2D eigenvalue weighted by Gasteiger charge is 2.14. The Kier molecular flexibility index (Phi) is 4.69. The lowest BCUT2D eigenvalue weighted by atomic mass is 10.1. The fourth-order valence-corrected chi connectivity index (χ4v) is 3.93. The van der Waals surface area contributed by atoms with E-state index in [1.54, 1.807) is 48.9 Å². The number of furan rings is 2. The maximum absolute atomic E-state index is 11.6. The molecule has 0 saturated heterocycles. The first-order chi connectivity index (χ1) is 16.7. The van der Waals surface area contributed by atoms with Crippen LogP contribution in [0.2, 0.25) is 0 Å². The van der Waals surface area contributed by atoms with E-state index in [0.717, 1.165) is 10.8 Å². The molecule has 6 aromatic rings. The molecule has 0 aliphatic rings. The van der Waals surface area contributed by atoms with Crippen LogP contribution in [-0.4, -0.2) is 13.2 Å². The molecule has 0 radical (unpaired) electrons. The summed E-state index contributed by atoms with van der Waals surface area (Å²) in [6.45, 7) is 0.515. The fraction of sp³-hybridized carbons (Fsp3) is 0.0769. The average Bonchev–Trinajstić information content (AvgIpc) is 3.48. The lowest BCUT2D eigenvalue weighted by molar-refractivity contribution is 0.358. The molecule has 8 heteroatoms. The number of hydrogen-bond acceptors (Lipinski definition) is 8. The minimum absolute atomic E-state index is 0.257. The molecule has 0 fully saturated rings. The molecule has 0 saturated carbocycles. The normalized spacial score (nSPS) is 11.9. The van der Waals surface area contributed by atoms with E-state index in [0.29, 0.717) is 44.6 Å². The molecule has 0 N–H and O–H groups in total. The Labute approximate surface area is 190 Å². The molecule has 168 valence electrons. The van der Waals surface area contributed by atoms with Gasteiger partial charge in [-0.1, -0.05) is 0 Å².